The molecule has 4 fully saturated rings. The van der Waals surface area contributed by atoms with Gasteiger partial charge in [0, 0.05) is 51.4 Å². The maximum Gasteiger partial charge on any atom is 0.233 e. The van der Waals surface area contributed by atoms with Crippen molar-refractivity contribution in [2.24, 2.45) is 11.7 Å². The minimum Gasteiger partial charge on any atom is -0.366 e. The van der Waals surface area contributed by atoms with Crippen LogP contribution in [-0.4, -0.2) is 84.0 Å². The van der Waals surface area contributed by atoms with Crippen molar-refractivity contribution in [1.29, 1.82) is 0 Å². The predicted octanol–water partition coefficient (Wildman–Crippen LogP) is -0.790. The fourth-order valence-corrected chi connectivity index (χ4v) is 5.24. The van der Waals surface area contributed by atoms with E-state index in [9.17, 15) is 14.0 Å². The smallest absolute Gasteiger partial charge is 0.233 e. The van der Waals surface area contributed by atoms with E-state index in [-0.39, 0.29) is 37.1 Å². The topological polar surface area (TPSA) is 119 Å². The molecule has 0 radical (unpaired) electrons. The molecule has 5 heterocycles. The first-order valence-corrected chi connectivity index (χ1v) is 11.0. The molecule has 4 aliphatic heterocycles. The number of hydrogen-bond donors (Lipinski definition) is 4. The maximum atomic E-state index is 13.7. The molecular formula is C20H29FN8O2. The minimum atomic E-state index is -1.01. The third kappa shape index (κ3) is 3.86. The van der Waals surface area contributed by atoms with Crippen molar-refractivity contribution < 1.29 is 14.0 Å². The van der Waals surface area contributed by atoms with Crippen LogP contribution in [0.15, 0.2) is 18.5 Å². The lowest BCUT2D eigenvalue weighted by molar-refractivity contribution is -0.136. The van der Waals surface area contributed by atoms with Gasteiger partial charge < -0.3 is 20.9 Å². The molecule has 4 aliphatic rings. The first-order chi connectivity index (χ1) is 15.0. The first-order valence-electron chi connectivity index (χ1n) is 11.0. The summed E-state index contributed by atoms with van der Waals surface area (Å²) in [5.74, 6) is -0.576. The molecule has 31 heavy (non-hydrogen) atoms. The second-order valence-electron chi connectivity index (χ2n) is 8.74. The minimum absolute atomic E-state index is 0.192. The van der Waals surface area contributed by atoms with Crippen LogP contribution in [0.1, 0.15) is 19.3 Å². The van der Waals surface area contributed by atoms with Crippen LogP contribution in [0.4, 0.5) is 15.8 Å². The Morgan fingerprint density at radius 3 is 3.06 bits per heavy atom. The summed E-state index contributed by atoms with van der Waals surface area (Å²) in [6.45, 7) is 2.51. The number of rotatable bonds is 3. The van der Waals surface area contributed by atoms with E-state index in [1.54, 1.807) is 17.4 Å². The number of carbonyl (C=O) groups is 2. The number of nitrogens with two attached hydrogens (primary N) is 1. The zero-order valence-electron chi connectivity index (χ0n) is 17.3. The van der Waals surface area contributed by atoms with E-state index in [1.807, 2.05) is 11.0 Å². The molecule has 5 rings (SSSR count). The number of carbonyl (C=O) groups excluding carboxylic acids is 2. The number of anilines is 2. The summed E-state index contributed by atoms with van der Waals surface area (Å²) in [4.78, 5) is 33.8. The zero-order chi connectivity index (χ0) is 21.5. The van der Waals surface area contributed by atoms with Crippen LogP contribution in [0.2, 0.25) is 0 Å². The lowest BCUT2D eigenvalue weighted by Crippen LogP contribution is -2.58. The van der Waals surface area contributed by atoms with Crippen molar-refractivity contribution in [2.75, 3.05) is 42.9 Å². The van der Waals surface area contributed by atoms with Crippen molar-refractivity contribution in [3.63, 3.8) is 0 Å². The molecule has 5 N–H and O–H groups in total. The van der Waals surface area contributed by atoms with E-state index in [0.29, 0.717) is 25.2 Å². The largest absolute Gasteiger partial charge is 0.366 e. The lowest BCUT2D eigenvalue weighted by Gasteiger charge is -2.45. The summed E-state index contributed by atoms with van der Waals surface area (Å²) in [6, 6.07) is 2.09. The normalized spacial score (nSPS) is 33.7. The fourth-order valence-electron chi connectivity index (χ4n) is 5.24. The summed E-state index contributed by atoms with van der Waals surface area (Å²) in [5, 5.41) is 7.75. The van der Waals surface area contributed by atoms with E-state index in [4.69, 9.17) is 5.73 Å². The molecule has 0 aliphatic carbocycles. The molecule has 10 nitrogen and oxygen atoms in total. The number of hydrazine groups is 1. The quantitative estimate of drug-likeness (QED) is 0.491. The summed E-state index contributed by atoms with van der Waals surface area (Å²) in [5.41, 5.74) is 10.7. The molecule has 0 spiro atoms. The predicted molar refractivity (Wildman–Crippen MR) is 112 cm³/mol. The van der Waals surface area contributed by atoms with Gasteiger partial charge in [-0.2, -0.15) is 0 Å². The number of hydrogen-bond acceptors (Lipinski definition) is 8. The Hall–Kier alpha value is -2.34. The van der Waals surface area contributed by atoms with Crippen LogP contribution < -0.4 is 26.7 Å². The summed E-state index contributed by atoms with van der Waals surface area (Å²) < 4.78 is 13.7. The number of halogens is 1. The standard InChI is InChI=1S/C20H29FN8O2/c21-12-8-24-19-17(18(22)26-29(19)10-12)20(31)25-14-9-23-5-4-15(14)27-6-7-28-13(11-27)2-1-3-16(28)30/h4-5,9,12-13,17-19,24,26H,1-3,6-8,10-11,22H2,(H,25,31). The molecule has 168 valence electrons. The summed E-state index contributed by atoms with van der Waals surface area (Å²) >= 11 is 0. The number of alkyl halides is 1. The summed E-state index contributed by atoms with van der Waals surface area (Å²) in [7, 11) is 0. The Kier molecular flexibility index (Phi) is 5.51. The van der Waals surface area contributed by atoms with Crippen molar-refractivity contribution >= 4 is 23.2 Å². The van der Waals surface area contributed by atoms with Gasteiger partial charge in [0.05, 0.1) is 35.8 Å². The Morgan fingerprint density at radius 1 is 1.32 bits per heavy atom. The molecule has 11 heteroatoms. The highest BCUT2D eigenvalue weighted by molar-refractivity contribution is 5.96. The van der Waals surface area contributed by atoms with E-state index in [2.05, 4.69) is 25.9 Å². The molecule has 0 aromatic carbocycles. The third-order valence-corrected chi connectivity index (χ3v) is 6.75. The second kappa shape index (κ2) is 8.30. The Bertz CT molecular complexity index is 856. The Balaban J connectivity index is 1.31. The highest BCUT2D eigenvalue weighted by Crippen LogP contribution is 2.31. The van der Waals surface area contributed by atoms with E-state index < -0.39 is 18.3 Å². The lowest BCUT2D eigenvalue weighted by atomic mass is 9.98. The van der Waals surface area contributed by atoms with Gasteiger partial charge in [-0.05, 0) is 18.9 Å². The second-order valence-corrected chi connectivity index (χ2v) is 8.74. The highest BCUT2D eigenvalue weighted by atomic mass is 19.1. The van der Waals surface area contributed by atoms with Crippen LogP contribution in [0.3, 0.4) is 0 Å². The monoisotopic (exact) mass is 432 g/mol. The maximum absolute atomic E-state index is 13.7. The Labute approximate surface area is 180 Å². The number of piperazine rings is 1. The van der Waals surface area contributed by atoms with Gasteiger partial charge in [-0.15, -0.1) is 0 Å². The zero-order valence-corrected chi connectivity index (χ0v) is 17.3. The van der Waals surface area contributed by atoms with Gasteiger partial charge in [0.1, 0.15) is 6.17 Å². The number of nitrogens with one attached hydrogen (secondary N) is 3. The number of aromatic nitrogens is 1. The van der Waals surface area contributed by atoms with Gasteiger partial charge in [0.15, 0.2) is 0 Å². The molecular weight excluding hydrogens is 403 g/mol. The van der Waals surface area contributed by atoms with Crippen LogP contribution in [-0.2, 0) is 9.59 Å². The number of pyridine rings is 1. The first kappa shape index (κ1) is 20.6. The van der Waals surface area contributed by atoms with Crippen molar-refractivity contribution in [3.05, 3.63) is 18.5 Å². The Morgan fingerprint density at radius 2 is 2.19 bits per heavy atom. The average Bonchev–Trinajstić information content (AvgIpc) is 3.09. The molecule has 1 aromatic rings. The van der Waals surface area contributed by atoms with Crippen molar-refractivity contribution in [1.82, 2.24) is 25.6 Å². The number of fused-ring (bicyclic) bond motifs is 2. The average molecular weight is 433 g/mol. The molecule has 2 amide bonds. The van der Waals surface area contributed by atoms with Crippen LogP contribution >= 0.6 is 0 Å². The molecule has 1 aromatic heterocycles. The van der Waals surface area contributed by atoms with Crippen molar-refractivity contribution in [2.45, 2.75) is 43.8 Å². The van der Waals surface area contributed by atoms with Gasteiger partial charge in [-0.1, -0.05) is 0 Å². The van der Waals surface area contributed by atoms with Gasteiger partial charge in [-0.25, -0.2) is 14.8 Å². The van der Waals surface area contributed by atoms with Crippen molar-refractivity contribution in [3.8, 4) is 0 Å². The van der Waals surface area contributed by atoms with Gasteiger partial charge in [0.25, 0.3) is 0 Å². The van der Waals surface area contributed by atoms with Crippen LogP contribution in [0, 0.1) is 5.92 Å². The number of amides is 2. The molecule has 5 unspecified atom stereocenters. The van der Waals surface area contributed by atoms with Gasteiger partial charge >= 0.3 is 0 Å². The van der Waals surface area contributed by atoms with Crippen LogP contribution in [0.25, 0.3) is 0 Å². The fraction of sp³-hybridized carbons (Fsp3) is 0.650. The van der Waals surface area contributed by atoms with E-state index in [0.717, 1.165) is 25.1 Å². The third-order valence-electron chi connectivity index (χ3n) is 6.75. The number of nitrogens with zero attached hydrogens (tertiary/aromatic N) is 4. The molecule has 4 saturated heterocycles. The SMILES string of the molecule is NC1NN2CC(F)CNC2C1C(=O)Nc1cnccc1N1CCN2C(=O)CCCC2C1. The number of piperidine rings is 1. The molecule has 0 bridgehead atoms. The van der Waals surface area contributed by atoms with Gasteiger partial charge in [0.2, 0.25) is 11.8 Å². The van der Waals surface area contributed by atoms with Gasteiger partial charge in [-0.3, -0.25) is 19.9 Å². The molecule has 5 atom stereocenters. The van der Waals surface area contributed by atoms with E-state index >= 15 is 0 Å². The highest BCUT2D eigenvalue weighted by Gasteiger charge is 2.47. The van der Waals surface area contributed by atoms with E-state index in [1.165, 1.54) is 0 Å². The molecule has 0 saturated carbocycles. The van der Waals surface area contributed by atoms with Crippen LogP contribution in [0.5, 0.6) is 0 Å². The summed E-state index contributed by atoms with van der Waals surface area (Å²) in [6.07, 6.45) is 3.92.